The predicted octanol–water partition coefficient (Wildman–Crippen LogP) is 5.61. The number of pyridine rings is 1. The molecule has 2 heterocycles. The van der Waals surface area contributed by atoms with E-state index in [1.807, 2.05) is 31.2 Å². The van der Waals surface area contributed by atoms with Gasteiger partial charge in [-0.05, 0) is 58.7 Å². The lowest BCUT2D eigenvalue weighted by Crippen LogP contribution is -2.26. The van der Waals surface area contributed by atoms with Crippen molar-refractivity contribution in [1.29, 1.82) is 0 Å². The molecule has 0 aromatic carbocycles. The smallest absolute Gasteiger partial charge is 0.434 e. The van der Waals surface area contributed by atoms with Crippen LogP contribution in [0.25, 0.3) is 0 Å². The highest BCUT2D eigenvalue weighted by Gasteiger charge is 2.21. The number of carbonyl (C=O) groups is 2. The number of hydrogen-bond acceptors (Lipinski definition) is 6. The summed E-state index contributed by atoms with van der Waals surface area (Å²) in [6, 6.07) is 5.91. The summed E-state index contributed by atoms with van der Waals surface area (Å²) in [4.78, 5) is 40.2. The van der Waals surface area contributed by atoms with Crippen LogP contribution in [0, 0.1) is 6.92 Å². The zero-order chi connectivity index (χ0) is 24.2. The van der Waals surface area contributed by atoms with Crippen LogP contribution >= 0.6 is 11.3 Å². The number of hydrogen-bond donors (Lipinski definition) is 0. The molecule has 0 N–H and O–H groups in total. The lowest BCUT2D eigenvalue weighted by atomic mass is 9.92. The Morgan fingerprint density at radius 1 is 1.30 bits per heavy atom. The molecule has 3 rings (SSSR count). The minimum absolute atomic E-state index is 0.0516. The average molecular weight is 467 g/mol. The molecule has 0 saturated carbocycles. The molecule has 1 unspecified atom stereocenters. The van der Waals surface area contributed by atoms with Crippen LogP contribution in [-0.2, 0) is 9.53 Å². The van der Waals surface area contributed by atoms with Crippen molar-refractivity contribution in [2.45, 2.75) is 59.0 Å². The first-order valence-corrected chi connectivity index (χ1v) is 11.7. The van der Waals surface area contributed by atoms with Crippen LogP contribution in [0.1, 0.15) is 62.7 Å². The maximum absolute atomic E-state index is 12.9. The Labute approximate surface area is 198 Å². The van der Waals surface area contributed by atoms with Crippen molar-refractivity contribution in [3.8, 4) is 0 Å². The van der Waals surface area contributed by atoms with Gasteiger partial charge in [-0.25, -0.2) is 9.78 Å². The van der Waals surface area contributed by atoms with Gasteiger partial charge in [-0.1, -0.05) is 35.6 Å². The third kappa shape index (κ3) is 6.68. The SMILES string of the molecule is C/C(=N\C(=O)OC(C)(C)C)c1sc(N(C)C(=O)CC2=CCC(c3ccccn3)C=C2)nc1C. The van der Waals surface area contributed by atoms with Crippen LogP contribution < -0.4 is 4.90 Å². The van der Waals surface area contributed by atoms with E-state index in [4.69, 9.17) is 4.74 Å². The Hall–Kier alpha value is -3.13. The molecule has 2 amide bonds. The van der Waals surface area contributed by atoms with E-state index in [1.165, 1.54) is 11.3 Å². The Bertz CT molecular complexity index is 1110. The topological polar surface area (TPSA) is 84.8 Å². The van der Waals surface area contributed by atoms with Crippen LogP contribution in [0.4, 0.5) is 9.93 Å². The number of aliphatic imine (C=N–C) groups is 1. The van der Waals surface area contributed by atoms with Crippen LogP contribution in [0.5, 0.6) is 0 Å². The van der Waals surface area contributed by atoms with Crippen molar-refractivity contribution < 1.29 is 14.3 Å². The lowest BCUT2D eigenvalue weighted by molar-refractivity contribution is -0.117. The zero-order valence-electron chi connectivity index (χ0n) is 20.0. The second kappa shape index (κ2) is 10.2. The second-order valence-corrected chi connectivity index (χ2v) is 9.93. The van der Waals surface area contributed by atoms with Gasteiger partial charge in [-0.2, -0.15) is 4.99 Å². The van der Waals surface area contributed by atoms with Crippen molar-refractivity contribution in [1.82, 2.24) is 9.97 Å². The van der Waals surface area contributed by atoms with Crippen molar-refractivity contribution in [2.75, 3.05) is 11.9 Å². The molecule has 0 radical (unpaired) electrons. The summed E-state index contributed by atoms with van der Waals surface area (Å²) in [7, 11) is 1.72. The summed E-state index contributed by atoms with van der Waals surface area (Å²) in [6.45, 7) is 8.96. The molecule has 1 aliphatic carbocycles. The molecular weight excluding hydrogens is 436 g/mol. The van der Waals surface area contributed by atoms with Crippen LogP contribution in [-0.4, -0.2) is 40.3 Å². The predicted molar refractivity (Wildman–Crippen MR) is 132 cm³/mol. The Balaban J connectivity index is 1.64. The third-order valence-corrected chi connectivity index (χ3v) is 6.37. The van der Waals surface area contributed by atoms with Gasteiger partial charge in [-0.3, -0.25) is 14.7 Å². The molecule has 7 nitrogen and oxygen atoms in total. The quantitative estimate of drug-likeness (QED) is 0.535. The average Bonchev–Trinajstić information content (AvgIpc) is 3.14. The number of nitrogens with zero attached hydrogens (tertiary/aromatic N) is 4. The lowest BCUT2D eigenvalue weighted by Gasteiger charge is -2.18. The molecule has 8 heteroatoms. The highest BCUT2D eigenvalue weighted by atomic mass is 32.1. The van der Waals surface area contributed by atoms with Gasteiger partial charge in [0.1, 0.15) is 5.60 Å². The molecule has 0 fully saturated rings. The maximum Gasteiger partial charge on any atom is 0.434 e. The van der Waals surface area contributed by atoms with Gasteiger partial charge in [0.25, 0.3) is 0 Å². The fourth-order valence-corrected chi connectivity index (χ4v) is 4.33. The Morgan fingerprint density at radius 3 is 2.67 bits per heavy atom. The standard InChI is InChI=1S/C25H30N4O3S/c1-16-22(17(2)28-24(31)32-25(3,4)5)33-23(27-16)29(6)21(30)15-18-10-12-19(13-11-18)20-9-7-8-14-26-20/h7-12,14,19H,13,15H2,1-6H3/b28-17+. The van der Waals surface area contributed by atoms with Gasteiger partial charge in [0.05, 0.1) is 22.7 Å². The second-order valence-electron chi connectivity index (χ2n) is 8.95. The first-order valence-electron chi connectivity index (χ1n) is 10.8. The molecule has 174 valence electrons. The highest BCUT2D eigenvalue weighted by Crippen LogP contribution is 2.29. The third-order valence-electron chi connectivity index (χ3n) is 5.03. The minimum atomic E-state index is -0.640. The molecule has 2 aromatic heterocycles. The molecule has 1 aliphatic rings. The van der Waals surface area contributed by atoms with Crippen molar-refractivity contribution in [3.05, 3.63) is 64.5 Å². The monoisotopic (exact) mass is 466 g/mol. The van der Waals surface area contributed by atoms with Crippen LogP contribution in [0.15, 0.2) is 53.2 Å². The van der Waals surface area contributed by atoms with E-state index in [-0.39, 0.29) is 11.8 Å². The number of allylic oxidation sites excluding steroid dienone is 3. The van der Waals surface area contributed by atoms with Crippen molar-refractivity contribution in [3.63, 3.8) is 0 Å². The normalized spacial score (nSPS) is 16.4. The van der Waals surface area contributed by atoms with Gasteiger partial charge in [0.2, 0.25) is 5.91 Å². The number of ether oxygens (including phenoxy) is 1. The fourth-order valence-electron chi connectivity index (χ4n) is 3.34. The summed E-state index contributed by atoms with van der Waals surface area (Å²) in [5, 5.41) is 0.568. The van der Waals surface area contributed by atoms with Gasteiger partial charge >= 0.3 is 6.09 Å². The number of carbonyl (C=O) groups excluding carboxylic acids is 2. The van der Waals surface area contributed by atoms with Gasteiger partial charge < -0.3 is 4.74 Å². The molecule has 0 aliphatic heterocycles. The maximum atomic E-state index is 12.9. The molecule has 0 saturated heterocycles. The summed E-state index contributed by atoms with van der Waals surface area (Å²) < 4.78 is 5.26. The molecule has 2 aromatic rings. The van der Waals surface area contributed by atoms with Crippen LogP contribution in [0.2, 0.25) is 0 Å². The molecular formula is C25H30N4O3S. The van der Waals surface area contributed by atoms with E-state index in [0.717, 1.165) is 28.3 Å². The Morgan fingerprint density at radius 2 is 2.06 bits per heavy atom. The fraction of sp³-hybridized carbons (Fsp3) is 0.400. The number of aryl methyl sites for hydroxylation is 1. The van der Waals surface area contributed by atoms with E-state index in [2.05, 4.69) is 27.1 Å². The zero-order valence-corrected chi connectivity index (χ0v) is 20.8. The van der Waals surface area contributed by atoms with Gasteiger partial charge in [-0.15, -0.1) is 0 Å². The van der Waals surface area contributed by atoms with Crippen molar-refractivity contribution >= 4 is 34.2 Å². The Kier molecular flexibility index (Phi) is 7.58. The van der Waals surface area contributed by atoms with Gasteiger partial charge in [0, 0.05) is 24.9 Å². The van der Waals surface area contributed by atoms with Gasteiger partial charge in [0.15, 0.2) is 5.13 Å². The van der Waals surface area contributed by atoms with Crippen LogP contribution in [0.3, 0.4) is 0 Å². The number of rotatable bonds is 5. The summed E-state index contributed by atoms with van der Waals surface area (Å²) in [5.41, 5.74) is 2.64. The van der Waals surface area contributed by atoms with E-state index < -0.39 is 11.7 Å². The first kappa shape index (κ1) is 24.5. The number of thiazole rings is 1. The molecule has 33 heavy (non-hydrogen) atoms. The van der Waals surface area contributed by atoms with E-state index >= 15 is 0 Å². The van der Waals surface area contributed by atoms with E-state index in [1.54, 1.807) is 45.8 Å². The molecule has 1 atom stereocenters. The highest BCUT2D eigenvalue weighted by molar-refractivity contribution is 7.17. The summed E-state index contributed by atoms with van der Waals surface area (Å²) in [6.07, 6.45) is 8.48. The largest absolute Gasteiger partial charge is 0.442 e. The number of aromatic nitrogens is 2. The number of anilines is 1. The van der Waals surface area contributed by atoms with E-state index in [0.29, 0.717) is 17.3 Å². The summed E-state index contributed by atoms with van der Waals surface area (Å²) in [5.74, 6) is 0.184. The van der Waals surface area contributed by atoms with Crippen molar-refractivity contribution in [2.24, 2.45) is 4.99 Å². The molecule has 0 spiro atoms. The first-order chi connectivity index (χ1) is 15.5. The number of amides is 2. The van der Waals surface area contributed by atoms with E-state index in [9.17, 15) is 9.59 Å². The summed E-state index contributed by atoms with van der Waals surface area (Å²) >= 11 is 1.33. The molecule has 0 bridgehead atoms. The minimum Gasteiger partial charge on any atom is -0.442 e.